The van der Waals surface area contributed by atoms with Crippen LogP contribution in [0.4, 0.5) is 3.89 Å². The molecule has 0 heterocycles. The van der Waals surface area contributed by atoms with Gasteiger partial charge in [-0.15, -0.1) is 3.89 Å². The maximum atomic E-state index is 14.2. The van der Waals surface area contributed by atoms with E-state index in [0.29, 0.717) is 9.79 Å². The van der Waals surface area contributed by atoms with Gasteiger partial charge in [0.05, 0.1) is 9.79 Å². The molecule has 0 spiro atoms. The molecule has 0 saturated heterocycles. The van der Waals surface area contributed by atoms with Gasteiger partial charge in [0.15, 0.2) is 0 Å². The Kier molecular flexibility index (Phi) is 2.58. The Morgan fingerprint density at radius 2 is 1.07 bits per heavy atom. The van der Waals surface area contributed by atoms with Crippen molar-refractivity contribution in [2.45, 2.75) is 9.79 Å². The second-order valence-corrected chi connectivity index (χ2v) is 5.09. The summed E-state index contributed by atoms with van der Waals surface area (Å²) in [5, 5.41) is 0. The van der Waals surface area contributed by atoms with E-state index in [1.54, 1.807) is 60.7 Å². The Balaban J connectivity index is 2.51. The van der Waals surface area contributed by atoms with Gasteiger partial charge in [-0.25, -0.2) is 0 Å². The topological polar surface area (TPSA) is 23.8 Å². The van der Waals surface area contributed by atoms with Crippen molar-refractivity contribution in [1.82, 2.24) is 0 Å². The van der Waals surface area contributed by atoms with Gasteiger partial charge >= 0.3 is 0 Å². The molecule has 0 aliphatic heterocycles. The second kappa shape index (κ2) is 3.89. The van der Waals surface area contributed by atoms with E-state index >= 15 is 0 Å². The highest BCUT2D eigenvalue weighted by molar-refractivity contribution is 8.17. The van der Waals surface area contributed by atoms with Crippen molar-refractivity contribution < 1.29 is 3.89 Å². The predicted octanol–water partition coefficient (Wildman–Crippen LogP) is 4.27. The van der Waals surface area contributed by atoms with Crippen LogP contribution in [0.1, 0.15) is 0 Å². The number of halogens is 1. The molecule has 2 aromatic rings. The smallest absolute Gasteiger partial charge is 0.138 e. The zero-order valence-corrected chi connectivity index (χ0v) is 8.82. The summed E-state index contributed by atoms with van der Waals surface area (Å²) in [5.74, 6) is 0. The van der Waals surface area contributed by atoms with Crippen LogP contribution in [0.25, 0.3) is 0 Å². The van der Waals surface area contributed by atoms with Crippen molar-refractivity contribution in [3.63, 3.8) is 0 Å². The van der Waals surface area contributed by atoms with E-state index in [0.717, 1.165) is 0 Å². The molecule has 0 fully saturated rings. The summed E-state index contributed by atoms with van der Waals surface area (Å²) in [6.07, 6.45) is 0. The molecule has 0 unspecified atom stereocenters. The van der Waals surface area contributed by atoms with Crippen molar-refractivity contribution in [3.8, 4) is 0 Å². The van der Waals surface area contributed by atoms with Crippen LogP contribution in [0.3, 0.4) is 0 Å². The maximum Gasteiger partial charge on any atom is 0.138 e. The largest absolute Gasteiger partial charge is 0.188 e. The van der Waals surface area contributed by atoms with Gasteiger partial charge in [0, 0.05) is 0 Å². The third-order valence-corrected chi connectivity index (χ3v) is 3.90. The molecule has 0 amide bonds. The van der Waals surface area contributed by atoms with Gasteiger partial charge in [0.1, 0.15) is 10.0 Å². The van der Waals surface area contributed by atoms with Crippen molar-refractivity contribution >= 4 is 10.0 Å². The standard InChI is InChI=1S/C12H10FNS/c13-15(14,11-7-3-1-4-8-11)12-9-5-2-6-10-12/h1-10H. The SMILES string of the molecule is N#S(F)(c1ccccc1)c1ccccc1. The molecule has 0 aliphatic carbocycles. The zero-order valence-electron chi connectivity index (χ0n) is 8.01. The van der Waals surface area contributed by atoms with Crippen LogP contribution in [0.2, 0.25) is 0 Å². The molecule has 0 bridgehead atoms. The fourth-order valence-electron chi connectivity index (χ4n) is 1.34. The second-order valence-electron chi connectivity index (χ2n) is 3.13. The number of hydrogen-bond donors (Lipinski definition) is 0. The number of rotatable bonds is 0. The van der Waals surface area contributed by atoms with Gasteiger partial charge in [-0.2, -0.15) is 4.61 Å². The van der Waals surface area contributed by atoms with E-state index in [-0.39, 0.29) is 0 Å². The van der Waals surface area contributed by atoms with E-state index in [2.05, 4.69) is 0 Å². The molecule has 0 aliphatic rings. The summed E-state index contributed by atoms with van der Waals surface area (Å²) in [5.41, 5.74) is 0. The van der Waals surface area contributed by atoms with Gasteiger partial charge in [-0.3, -0.25) is 0 Å². The normalized spacial score (nSPS) is 11.2. The molecule has 2 rings (SSSR count). The van der Waals surface area contributed by atoms with Crippen LogP contribution in [0, 0.1) is 4.61 Å². The molecule has 1 nitrogen and oxygen atoms in total. The average molecular weight is 219 g/mol. The molecular weight excluding hydrogens is 209 g/mol. The number of hydrogen-bond acceptors (Lipinski definition) is 1. The highest BCUT2D eigenvalue weighted by Gasteiger charge is 2.17. The highest BCUT2D eigenvalue weighted by Crippen LogP contribution is 2.50. The molecule has 15 heavy (non-hydrogen) atoms. The molecule has 0 saturated carbocycles. The monoisotopic (exact) mass is 219 g/mol. The van der Waals surface area contributed by atoms with Crippen molar-refractivity contribution in [2.24, 2.45) is 0 Å². The van der Waals surface area contributed by atoms with Gasteiger partial charge in [0.2, 0.25) is 0 Å². The quantitative estimate of drug-likeness (QED) is 0.649. The van der Waals surface area contributed by atoms with Crippen LogP contribution in [0.5, 0.6) is 0 Å². The Morgan fingerprint density at radius 1 is 0.733 bits per heavy atom. The lowest BCUT2D eigenvalue weighted by Crippen LogP contribution is -1.81. The Hall–Kier alpha value is -1.57. The molecular formula is C12H10FNS. The van der Waals surface area contributed by atoms with Crippen molar-refractivity contribution in [3.05, 3.63) is 60.7 Å². The lowest BCUT2D eigenvalue weighted by Gasteiger charge is -2.09. The summed E-state index contributed by atoms with van der Waals surface area (Å²) in [7, 11) is -3.34. The Labute approximate surface area is 89.4 Å². The summed E-state index contributed by atoms with van der Waals surface area (Å²) in [6, 6.07) is 16.9. The zero-order chi connectivity index (χ0) is 10.7. The molecule has 76 valence electrons. The summed E-state index contributed by atoms with van der Waals surface area (Å²) >= 11 is 0. The third-order valence-electron chi connectivity index (χ3n) is 2.11. The van der Waals surface area contributed by atoms with E-state index in [4.69, 9.17) is 0 Å². The van der Waals surface area contributed by atoms with Gasteiger partial charge in [0.25, 0.3) is 0 Å². The first-order chi connectivity index (χ1) is 7.21. The highest BCUT2D eigenvalue weighted by atomic mass is 32.3. The van der Waals surface area contributed by atoms with Crippen LogP contribution >= 0.6 is 10.0 Å². The first-order valence-electron chi connectivity index (χ1n) is 4.57. The lowest BCUT2D eigenvalue weighted by atomic mass is 10.4. The third kappa shape index (κ3) is 1.94. The van der Waals surface area contributed by atoms with E-state index < -0.39 is 10.0 Å². The minimum Gasteiger partial charge on any atom is -0.188 e. The minimum absolute atomic E-state index is 0.330. The van der Waals surface area contributed by atoms with Crippen LogP contribution in [0.15, 0.2) is 70.5 Å². The van der Waals surface area contributed by atoms with E-state index in [1.165, 1.54) is 0 Å². The maximum absolute atomic E-state index is 14.2. The van der Waals surface area contributed by atoms with E-state index in [9.17, 15) is 8.49 Å². The molecule has 3 heteroatoms. The van der Waals surface area contributed by atoms with Crippen LogP contribution in [-0.2, 0) is 0 Å². The summed E-state index contributed by atoms with van der Waals surface area (Å²) in [6.45, 7) is 0. The van der Waals surface area contributed by atoms with Gasteiger partial charge in [-0.1, -0.05) is 36.4 Å². The predicted molar refractivity (Wildman–Crippen MR) is 59.8 cm³/mol. The van der Waals surface area contributed by atoms with Crippen molar-refractivity contribution in [2.75, 3.05) is 0 Å². The first-order valence-corrected chi connectivity index (χ1v) is 6.06. The van der Waals surface area contributed by atoms with E-state index in [1.807, 2.05) is 0 Å². The van der Waals surface area contributed by atoms with Gasteiger partial charge < -0.3 is 0 Å². The fraction of sp³-hybridized carbons (Fsp3) is 0. The van der Waals surface area contributed by atoms with Crippen LogP contribution in [-0.4, -0.2) is 0 Å². The van der Waals surface area contributed by atoms with Gasteiger partial charge in [-0.05, 0) is 24.3 Å². The molecule has 0 radical (unpaired) electrons. The number of benzene rings is 2. The minimum atomic E-state index is -3.34. The molecule has 2 aromatic carbocycles. The molecule has 0 aromatic heterocycles. The molecule has 0 atom stereocenters. The first kappa shape index (κ1) is 9.97. The Morgan fingerprint density at radius 3 is 1.40 bits per heavy atom. The molecule has 0 N–H and O–H groups in total. The Bertz CT molecular complexity index is 494. The van der Waals surface area contributed by atoms with Crippen molar-refractivity contribution in [1.29, 1.82) is 4.61 Å². The number of nitrogens with zero attached hydrogens (tertiary/aromatic N) is 1. The van der Waals surface area contributed by atoms with Crippen LogP contribution < -0.4 is 0 Å². The average Bonchev–Trinajstić information content (AvgIpc) is 2.31. The summed E-state index contributed by atoms with van der Waals surface area (Å²) in [4.78, 5) is 0.660. The fourth-order valence-corrected chi connectivity index (χ4v) is 2.65. The lowest BCUT2D eigenvalue weighted by molar-refractivity contribution is 0.890. The summed E-state index contributed by atoms with van der Waals surface area (Å²) < 4.78 is 24.1.